The lowest BCUT2D eigenvalue weighted by Crippen LogP contribution is -2.38. The number of rotatable bonds is 5. The largest absolute Gasteiger partial charge is 0.468 e. The van der Waals surface area contributed by atoms with Crippen molar-refractivity contribution in [3.8, 4) is 0 Å². The highest BCUT2D eigenvalue weighted by atomic mass is 32.2. The Kier molecular flexibility index (Phi) is 5.43. The van der Waals surface area contributed by atoms with Gasteiger partial charge in [0.25, 0.3) is 5.56 Å². The van der Waals surface area contributed by atoms with Crippen LogP contribution < -0.4 is 11.2 Å². The van der Waals surface area contributed by atoms with Gasteiger partial charge in [0.15, 0.2) is 5.65 Å². The van der Waals surface area contributed by atoms with Crippen LogP contribution in [0.1, 0.15) is 26.1 Å². The fourth-order valence-electron chi connectivity index (χ4n) is 2.27. The summed E-state index contributed by atoms with van der Waals surface area (Å²) in [6, 6.07) is 0. The zero-order valence-corrected chi connectivity index (χ0v) is 15.1. The Morgan fingerprint density at radius 3 is 2.50 bits per heavy atom. The van der Waals surface area contributed by atoms with Crippen LogP contribution in [0, 0.1) is 0 Å². The van der Waals surface area contributed by atoms with Gasteiger partial charge in [-0.25, -0.2) is 14.8 Å². The number of carbonyl (C=O) groups is 1. The fourth-order valence-corrected chi connectivity index (χ4v) is 3.26. The second-order valence-electron chi connectivity index (χ2n) is 5.38. The average molecular weight is 352 g/mol. The topological polar surface area (TPSA) is 96.1 Å². The van der Waals surface area contributed by atoms with Crippen LogP contribution in [-0.2, 0) is 30.0 Å². The zero-order valence-electron chi connectivity index (χ0n) is 14.3. The van der Waals surface area contributed by atoms with Crippen molar-refractivity contribution >= 4 is 28.8 Å². The molecular formula is C15H20N4O4S. The van der Waals surface area contributed by atoms with Crippen molar-refractivity contribution in [2.24, 2.45) is 14.1 Å². The predicted molar refractivity (Wildman–Crippen MR) is 91.4 cm³/mol. The van der Waals surface area contributed by atoms with E-state index in [1.165, 1.54) is 18.7 Å². The van der Waals surface area contributed by atoms with Crippen molar-refractivity contribution in [3.05, 3.63) is 26.7 Å². The molecule has 8 nitrogen and oxygen atoms in total. The Morgan fingerprint density at radius 1 is 1.25 bits per heavy atom. The third-order valence-electron chi connectivity index (χ3n) is 3.61. The summed E-state index contributed by atoms with van der Waals surface area (Å²) >= 11 is 1.13. The smallest absolute Gasteiger partial charge is 0.332 e. The van der Waals surface area contributed by atoms with Crippen LogP contribution in [-0.4, -0.2) is 37.4 Å². The number of methoxy groups -OCH3 is 1. The molecule has 0 unspecified atom stereocenters. The van der Waals surface area contributed by atoms with Gasteiger partial charge in [0.2, 0.25) is 0 Å². The molecule has 0 N–H and O–H groups in total. The molecule has 130 valence electrons. The number of aromatic nitrogens is 4. The lowest BCUT2D eigenvalue weighted by atomic mass is 10.3. The third kappa shape index (κ3) is 3.21. The molecule has 0 fully saturated rings. The molecule has 0 saturated heterocycles. The maximum Gasteiger partial charge on any atom is 0.332 e. The molecule has 0 aliphatic heterocycles. The van der Waals surface area contributed by atoms with E-state index in [-0.39, 0.29) is 11.0 Å². The maximum atomic E-state index is 12.6. The molecule has 0 spiro atoms. The molecule has 2 aromatic heterocycles. The summed E-state index contributed by atoms with van der Waals surface area (Å²) in [5, 5.41) is 0.0854. The summed E-state index contributed by atoms with van der Waals surface area (Å²) in [7, 11) is 4.27. The van der Waals surface area contributed by atoms with Crippen molar-refractivity contribution in [1.82, 2.24) is 19.1 Å². The molecule has 2 heterocycles. The quantitative estimate of drug-likeness (QED) is 0.442. The van der Waals surface area contributed by atoms with Crippen molar-refractivity contribution in [3.63, 3.8) is 0 Å². The SMILES string of the molecule is CCCc1nc(S[C@H](C)C(=O)OC)c2c(=O)n(C)c(=O)n(C)c2n1. The molecule has 0 amide bonds. The lowest BCUT2D eigenvalue weighted by molar-refractivity contribution is -0.139. The first kappa shape index (κ1) is 18.2. The van der Waals surface area contributed by atoms with Crippen LogP contribution in [0.2, 0.25) is 0 Å². The number of fused-ring (bicyclic) bond motifs is 1. The zero-order chi connectivity index (χ0) is 18.0. The first-order valence-corrected chi connectivity index (χ1v) is 8.40. The van der Waals surface area contributed by atoms with Gasteiger partial charge in [-0.2, -0.15) is 0 Å². The number of esters is 1. The minimum Gasteiger partial charge on any atom is -0.468 e. The molecule has 0 aromatic carbocycles. The fraction of sp³-hybridized carbons (Fsp3) is 0.533. The van der Waals surface area contributed by atoms with Gasteiger partial charge >= 0.3 is 11.7 Å². The molecule has 0 radical (unpaired) electrons. The molecule has 1 atom stereocenters. The van der Waals surface area contributed by atoms with E-state index >= 15 is 0 Å². The van der Waals surface area contributed by atoms with Crippen molar-refractivity contribution in [2.45, 2.75) is 37.0 Å². The molecule has 0 aliphatic rings. The normalized spacial score (nSPS) is 12.4. The Bertz CT molecular complexity index is 903. The molecule has 0 bridgehead atoms. The molecule has 0 saturated carbocycles. The third-order valence-corrected chi connectivity index (χ3v) is 4.67. The second kappa shape index (κ2) is 7.16. The number of aryl methyl sites for hydroxylation is 2. The van der Waals surface area contributed by atoms with Gasteiger partial charge in [-0.15, -0.1) is 0 Å². The maximum absolute atomic E-state index is 12.6. The lowest BCUT2D eigenvalue weighted by Gasteiger charge is -2.13. The minimum atomic E-state index is -0.537. The Balaban J connectivity index is 2.78. The molecule has 0 aliphatic carbocycles. The van der Waals surface area contributed by atoms with Gasteiger partial charge in [0.05, 0.1) is 7.11 Å². The van der Waals surface area contributed by atoms with E-state index in [0.717, 1.165) is 22.7 Å². The first-order chi connectivity index (χ1) is 11.3. The summed E-state index contributed by atoms with van der Waals surface area (Å²) < 4.78 is 7.06. The van der Waals surface area contributed by atoms with Crippen LogP contribution in [0.4, 0.5) is 0 Å². The van der Waals surface area contributed by atoms with Gasteiger partial charge in [-0.05, 0) is 13.3 Å². The second-order valence-corrected chi connectivity index (χ2v) is 6.71. The molecular weight excluding hydrogens is 332 g/mol. The Labute approximate surface area is 142 Å². The van der Waals surface area contributed by atoms with Crippen LogP contribution in [0.15, 0.2) is 14.6 Å². The molecule has 9 heteroatoms. The van der Waals surface area contributed by atoms with E-state index < -0.39 is 22.5 Å². The van der Waals surface area contributed by atoms with Gasteiger partial charge in [0, 0.05) is 20.5 Å². The van der Waals surface area contributed by atoms with E-state index in [2.05, 4.69) is 9.97 Å². The first-order valence-electron chi connectivity index (χ1n) is 7.52. The standard InChI is InChI=1S/C15H20N4O4S/c1-6-7-9-16-11-10(13(20)19(4)15(22)18(11)3)12(17-9)24-8(2)14(21)23-5/h8H,6-7H2,1-5H3/t8-/m1/s1. The Morgan fingerprint density at radius 2 is 1.92 bits per heavy atom. The highest BCUT2D eigenvalue weighted by molar-refractivity contribution is 8.00. The van der Waals surface area contributed by atoms with Gasteiger partial charge in [0.1, 0.15) is 21.5 Å². The van der Waals surface area contributed by atoms with Crippen LogP contribution in [0.3, 0.4) is 0 Å². The number of ether oxygens (including phenoxy) is 1. The average Bonchev–Trinajstić information content (AvgIpc) is 2.57. The van der Waals surface area contributed by atoms with Crippen molar-refractivity contribution < 1.29 is 9.53 Å². The number of carbonyl (C=O) groups excluding carboxylic acids is 1. The van der Waals surface area contributed by atoms with Crippen LogP contribution in [0.5, 0.6) is 0 Å². The summed E-state index contributed by atoms with van der Waals surface area (Å²) in [5.74, 6) is 0.123. The predicted octanol–water partition coefficient (Wildman–Crippen LogP) is 0.633. The number of hydrogen-bond donors (Lipinski definition) is 0. The number of hydrogen-bond acceptors (Lipinski definition) is 7. The summed E-state index contributed by atoms with van der Waals surface area (Å²) in [6.07, 6.45) is 1.43. The van der Waals surface area contributed by atoms with Crippen molar-refractivity contribution in [2.75, 3.05) is 7.11 Å². The Hall–Kier alpha value is -2.16. The molecule has 24 heavy (non-hydrogen) atoms. The number of thioether (sulfide) groups is 1. The molecule has 2 rings (SSSR count). The molecule has 2 aromatic rings. The highest BCUT2D eigenvalue weighted by Crippen LogP contribution is 2.27. The van der Waals surface area contributed by atoms with Gasteiger partial charge in [-0.3, -0.25) is 18.7 Å². The van der Waals surface area contributed by atoms with Crippen LogP contribution in [0.25, 0.3) is 11.0 Å². The summed E-state index contributed by atoms with van der Waals surface area (Å²) in [6.45, 7) is 3.66. The number of nitrogens with zero attached hydrogens (tertiary/aromatic N) is 4. The summed E-state index contributed by atoms with van der Waals surface area (Å²) in [4.78, 5) is 45.2. The van der Waals surface area contributed by atoms with E-state index in [1.807, 2.05) is 6.92 Å². The van der Waals surface area contributed by atoms with E-state index in [9.17, 15) is 14.4 Å². The van der Waals surface area contributed by atoms with Gasteiger partial charge < -0.3 is 4.74 Å². The van der Waals surface area contributed by atoms with Crippen molar-refractivity contribution in [1.29, 1.82) is 0 Å². The van der Waals surface area contributed by atoms with E-state index in [0.29, 0.717) is 17.3 Å². The minimum absolute atomic E-state index is 0.236. The van der Waals surface area contributed by atoms with E-state index in [4.69, 9.17) is 4.74 Å². The van der Waals surface area contributed by atoms with E-state index in [1.54, 1.807) is 14.0 Å². The highest BCUT2D eigenvalue weighted by Gasteiger charge is 2.22. The van der Waals surface area contributed by atoms with Crippen LogP contribution >= 0.6 is 11.8 Å². The van der Waals surface area contributed by atoms with Gasteiger partial charge in [-0.1, -0.05) is 18.7 Å². The summed E-state index contributed by atoms with van der Waals surface area (Å²) in [5.41, 5.74) is -0.651. The monoisotopic (exact) mass is 352 g/mol.